The van der Waals surface area contributed by atoms with E-state index in [1.54, 1.807) is 5.37 Å². The Hall–Kier alpha value is -1.55. The van der Waals surface area contributed by atoms with E-state index in [4.69, 9.17) is 12.2 Å². The van der Waals surface area contributed by atoms with Crippen LogP contribution in [0.15, 0.2) is 41.7 Å². The first-order valence-electron chi connectivity index (χ1n) is 5.22. The monoisotopic (exact) mass is 233 g/mol. The minimum absolute atomic E-state index is 0.0372. The minimum Gasteiger partial charge on any atom is -0.362 e. The number of hydrogen-bond acceptors (Lipinski definition) is 4. The van der Waals surface area contributed by atoms with Gasteiger partial charge in [0, 0.05) is 11.1 Å². The van der Waals surface area contributed by atoms with E-state index in [1.165, 1.54) is 0 Å². The molecule has 0 fully saturated rings. The molecule has 1 aromatic carbocycles. The van der Waals surface area contributed by atoms with Crippen LogP contribution in [0.4, 0.5) is 5.69 Å². The normalized spacial score (nSPS) is 19.6. The molecule has 3 nitrogen and oxygen atoms in total. The lowest BCUT2D eigenvalue weighted by atomic mass is 10.3. The summed E-state index contributed by atoms with van der Waals surface area (Å²) in [5, 5.41) is 7.06. The van der Waals surface area contributed by atoms with Crippen LogP contribution in [0.5, 0.6) is 0 Å². The van der Waals surface area contributed by atoms with E-state index in [9.17, 15) is 0 Å². The van der Waals surface area contributed by atoms with Gasteiger partial charge in [0.25, 0.3) is 0 Å². The fourth-order valence-corrected chi connectivity index (χ4v) is 1.87. The van der Waals surface area contributed by atoms with Gasteiger partial charge in [-0.25, -0.2) is 0 Å². The van der Waals surface area contributed by atoms with Crippen LogP contribution in [0, 0.1) is 0 Å². The zero-order chi connectivity index (χ0) is 11.5. The molecule has 1 aliphatic heterocycles. The summed E-state index contributed by atoms with van der Waals surface area (Å²) in [6, 6.07) is 10.1. The van der Waals surface area contributed by atoms with Crippen LogP contribution in [0.3, 0.4) is 0 Å². The molecule has 0 spiro atoms. The zero-order valence-corrected chi connectivity index (χ0v) is 10.2. The highest BCUT2D eigenvalue weighted by molar-refractivity contribution is 7.79. The van der Waals surface area contributed by atoms with Gasteiger partial charge in [0.05, 0.1) is 11.4 Å². The van der Waals surface area contributed by atoms with Gasteiger partial charge in [0.1, 0.15) is 6.17 Å². The average Bonchev–Trinajstić information content (AvgIpc) is 2.58. The molecule has 1 atom stereocenters. The fraction of sp³-hybridized carbons (Fsp3) is 0.250. The highest BCUT2D eigenvalue weighted by Gasteiger charge is 2.24. The molecule has 1 aliphatic rings. The first-order valence-corrected chi connectivity index (χ1v) is 5.70. The molecule has 16 heavy (non-hydrogen) atoms. The second-order valence-corrected chi connectivity index (χ2v) is 4.06. The number of nitrogens with zero attached hydrogens (tertiary/aromatic N) is 1. The third-order valence-electron chi connectivity index (χ3n) is 2.70. The largest absolute Gasteiger partial charge is 0.362 e. The number of anilines is 1. The third kappa shape index (κ3) is 2.02. The Morgan fingerprint density at radius 1 is 1.31 bits per heavy atom. The van der Waals surface area contributed by atoms with E-state index in [1.807, 2.05) is 42.3 Å². The number of benzene rings is 1. The van der Waals surface area contributed by atoms with Crippen molar-refractivity contribution in [3.8, 4) is 0 Å². The highest BCUT2D eigenvalue weighted by atomic mass is 32.1. The Labute approximate surface area is 101 Å². The maximum Gasteiger partial charge on any atom is 0.147 e. The Kier molecular flexibility index (Phi) is 3.10. The van der Waals surface area contributed by atoms with Crippen LogP contribution < -0.4 is 10.7 Å². The Morgan fingerprint density at radius 2 is 2.00 bits per heavy atom. The number of hydrazine groups is 1. The maximum absolute atomic E-state index is 5.02. The smallest absolute Gasteiger partial charge is 0.147 e. The second-order valence-electron chi connectivity index (χ2n) is 3.78. The van der Waals surface area contributed by atoms with Crippen molar-refractivity contribution in [3.05, 3.63) is 41.7 Å². The van der Waals surface area contributed by atoms with E-state index < -0.39 is 0 Å². The summed E-state index contributed by atoms with van der Waals surface area (Å²) < 4.78 is 0. The lowest BCUT2D eigenvalue weighted by molar-refractivity contribution is 0.386. The van der Waals surface area contributed by atoms with Crippen molar-refractivity contribution >= 4 is 23.3 Å². The minimum atomic E-state index is 0.0372. The first-order chi connectivity index (χ1) is 7.72. The Morgan fingerprint density at radius 3 is 2.62 bits per heavy atom. The van der Waals surface area contributed by atoms with Crippen molar-refractivity contribution < 1.29 is 0 Å². The summed E-state index contributed by atoms with van der Waals surface area (Å²) in [5.74, 6) is 0. The first kappa shape index (κ1) is 11.0. The lowest BCUT2D eigenvalue weighted by Crippen LogP contribution is -2.41. The van der Waals surface area contributed by atoms with Gasteiger partial charge in [-0.05, 0) is 26.0 Å². The molecule has 0 radical (unpaired) electrons. The van der Waals surface area contributed by atoms with Crippen LogP contribution >= 0.6 is 12.2 Å². The standard InChI is InChI=1S/C12H15N3S/c1-9-10(2)15(12(8-16)13-9)14-11-6-4-3-5-7-11/h3-8,12-14H,1-2H3. The van der Waals surface area contributed by atoms with Crippen molar-refractivity contribution in [3.63, 3.8) is 0 Å². The van der Waals surface area contributed by atoms with E-state index >= 15 is 0 Å². The molecule has 2 N–H and O–H groups in total. The van der Waals surface area contributed by atoms with Crippen LogP contribution in [0.2, 0.25) is 0 Å². The van der Waals surface area contributed by atoms with E-state index in [0.717, 1.165) is 17.1 Å². The Bertz CT molecular complexity index is 414. The predicted octanol–water partition coefficient (Wildman–Crippen LogP) is 2.50. The summed E-state index contributed by atoms with van der Waals surface area (Å²) >= 11 is 5.02. The van der Waals surface area contributed by atoms with Crippen molar-refractivity contribution in [1.82, 2.24) is 10.3 Å². The molecule has 0 aliphatic carbocycles. The van der Waals surface area contributed by atoms with Crippen LogP contribution in [0.25, 0.3) is 0 Å². The molecular formula is C12H15N3S. The number of rotatable bonds is 3. The summed E-state index contributed by atoms with van der Waals surface area (Å²) in [4.78, 5) is 0. The van der Waals surface area contributed by atoms with Gasteiger partial charge in [-0.2, -0.15) is 0 Å². The van der Waals surface area contributed by atoms with Crippen molar-refractivity contribution in [2.75, 3.05) is 5.43 Å². The maximum atomic E-state index is 5.02. The molecule has 84 valence electrons. The number of hydrogen-bond donors (Lipinski definition) is 2. The van der Waals surface area contributed by atoms with Crippen molar-refractivity contribution in [2.24, 2.45) is 0 Å². The average molecular weight is 233 g/mol. The second kappa shape index (κ2) is 4.53. The lowest BCUT2D eigenvalue weighted by Gasteiger charge is -2.26. The van der Waals surface area contributed by atoms with Gasteiger partial charge in [-0.15, -0.1) is 0 Å². The Balaban J connectivity index is 2.17. The predicted molar refractivity (Wildman–Crippen MR) is 70.9 cm³/mol. The van der Waals surface area contributed by atoms with Gasteiger partial charge in [0.2, 0.25) is 0 Å². The number of nitrogens with one attached hydrogen (secondary N) is 2. The van der Waals surface area contributed by atoms with Crippen molar-refractivity contribution in [1.29, 1.82) is 0 Å². The molecule has 1 heterocycles. The molecule has 0 amide bonds. The number of thiocarbonyl (C=S) groups is 1. The molecule has 2 rings (SSSR count). The third-order valence-corrected chi connectivity index (χ3v) is 2.96. The summed E-state index contributed by atoms with van der Waals surface area (Å²) in [6.45, 7) is 4.12. The van der Waals surface area contributed by atoms with Gasteiger partial charge >= 0.3 is 0 Å². The molecule has 4 heteroatoms. The molecule has 1 unspecified atom stereocenters. The SMILES string of the molecule is CC1=C(C)N(Nc2ccccc2)C(C=S)N1. The topological polar surface area (TPSA) is 27.3 Å². The molecule has 1 aromatic rings. The fourth-order valence-electron chi connectivity index (χ4n) is 1.68. The van der Waals surface area contributed by atoms with Gasteiger partial charge in [-0.3, -0.25) is 10.4 Å². The molecule has 0 saturated carbocycles. The highest BCUT2D eigenvalue weighted by Crippen LogP contribution is 2.20. The molecular weight excluding hydrogens is 218 g/mol. The van der Waals surface area contributed by atoms with Gasteiger partial charge in [-0.1, -0.05) is 30.4 Å². The molecule has 0 bridgehead atoms. The number of allylic oxidation sites excluding steroid dienone is 2. The molecule has 0 saturated heterocycles. The van der Waals surface area contributed by atoms with Crippen LogP contribution in [0.1, 0.15) is 13.8 Å². The molecule has 0 aromatic heterocycles. The van der Waals surface area contributed by atoms with Gasteiger partial charge in [0.15, 0.2) is 0 Å². The van der Waals surface area contributed by atoms with E-state index in [-0.39, 0.29) is 6.17 Å². The number of para-hydroxylation sites is 1. The van der Waals surface area contributed by atoms with Gasteiger partial charge < -0.3 is 5.32 Å². The summed E-state index contributed by atoms with van der Waals surface area (Å²) in [5.41, 5.74) is 6.70. The van der Waals surface area contributed by atoms with Crippen molar-refractivity contribution in [2.45, 2.75) is 20.0 Å². The van der Waals surface area contributed by atoms with Crippen LogP contribution in [-0.4, -0.2) is 16.5 Å². The zero-order valence-electron chi connectivity index (χ0n) is 9.40. The summed E-state index contributed by atoms with van der Waals surface area (Å²) in [7, 11) is 0. The van der Waals surface area contributed by atoms with E-state index in [2.05, 4.69) is 17.7 Å². The van der Waals surface area contributed by atoms with Crippen LogP contribution in [-0.2, 0) is 0 Å². The summed E-state index contributed by atoms with van der Waals surface area (Å²) in [6.07, 6.45) is 0.0372. The van der Waals surface area contributed by atoms with E-state index in [0.29, 0.717) is 0 Å². The quantitative estimate of drug-likeness (QED) is 0.784.